The fourth-order valence-electron chi connectivity index (χ4n) is 0.494. The number of rotatable bonds is 0. The lowest BCUT2D eigenvalue weighted by Crippen LogP contribution is -1.99. The third-order valence-corrected chi connectivity index (χ3v) is 1.14. The summed E-state index contributed by atoms with van der Waals surface area (Å²) >= 11 is 5.38. The molecule has 0 unspecified atom stereocenters. The average molecular weight is 133 g/mol. The minimum Gasteiger partial charge on any atom is -0.439 e. The molecule has 44 valence electrons. The van der Waals surface area contributed by atoms with Crippen LogP contribution in [0, 0.1) is 0 Å². The Hall–Kier alpha value is -0.500. The van der Waals surface area contributed by atoms with Crippen molar-refractivity contribution < 1.29 is 9.53 Å². The molecular weight excluding hydrogens is 128 g/mol. The molecule has 0 saturated carbocycles. The number of alkyl halides is 1. The van der Waals surface area contributed by atoms with Crippen molar-refractivity contribution in [1.82, 2.24) is 0 Å². The van der Waals surface area contributed by atoms with Crippen molar-refractivity contribution in [2.75, 3.05) is 0 Å². The number of carbonyl (C=O) groups excluding carboxylic acids is 1. The van der Waals surface area contributed by atoms with Crippen molar-refractivity contribution in [3.05, 3.63) is 11.6 Å². The minimum absolute atomic E-state index is 0.315. The van der Waals surface area contributed by atoms with Crippen molar-refractivity contribution in [1.29, 1.82) is 0 Å². The van der Waals surface area contributed by atoms with Crippen molar-refractivity contribution in [2.45, 2.75) is 12.5 Å². The highest BCUT2D eigenvalue weighted by atomic mass is 35.5. The molecule has 0 aromatic rings. The highest BCUT2D eigenvalue weighted by Gasteiger charge is 2.18. The minimum atomic E-state index is -0.539. The van der Waals surface area contributed by atoms with Crippen LogP contribution in [0.5, 0.6) is 0 Å². The van der Waals surface area contributed by atoms with Gasteiger partial charge in [-0.25, -0.2) is 4.79 Å². The quantitative estimate of drug-likeness (QED) is 0.364. The molecule has 0 radical (unpaired) electrons. The molecule has 0 spiro atoms. The van der Waals surface area contributed by atoms with Gasteiger partial charge < -0.3 is 4.74 Å². The molecule has 0 fully saturated rings. The molecular formula is C5H5ClO2. The SMILES string of the molecule is CC1=C[C@@H](Cl)OC1=O. The lowest BCUT2D eigenvalue weighted by atomic mass is 10.3. The van der Waals surface area contributed by atoms with E-state index in [9.17, 15) is 4.79 Å². The number of carbonyl (C=O) groups is 1. The number of halogens is 1. The Morgan fingerprint density at radius 1 is 1.88 bits per heavy atom. The van der Waals surface area contributed by atoms with Crippen molar-refractivity contribution in [2.24, 2.45) is 0 Å². The predicted octanol–water partition coefficient (Wildman–Crippen LogP) is 1.05. The molecule has 0 aromatic carbocycles. The van der Waals surface area contributed by atoms with E-state index in [1.54, 1.807) is 13.0 Å². The molecule has 8 heavy (non-hydrogen) atoms. The van der Waals surface area contributed by atoms with E-state index in [4.69, 9.17) is 11.6 Å². The monoisotopic (exact) mass is 132 g/mol. The number of hydrogen-bond acceptors (Lipinski definition) is 2. The molecule has 2 nitrogen and oxygen atoms in total. The highest BCUT2D eigenvalue weighted by molar-refractivity contribution is 6.22. The summed E-state index contributed by atoms with van der Waals surface area (Å²) < 4.78 is 4.51. The predicted molar refractivity (Wildman–Crippen MR) is 29.5 cm³/mol. The molecule has 3 heteroatoms. The molecule has 0 N–H and O–H groups in total. The topological polar surface area (TPSA) is 26.3 Å². The molecule has 0 bridgehead atoms. The summed E-state index contributed by atoms with van der Waals surface area (Å²) in [4.78, 5) is 10.4. The van der Waals surface area contributed by atoms with Gasteiger partial charge in [-0.1, -0.05) is 11.6 Å². The maximum atomic E-state index is 10.4. The van der Waals surface area contributed by atoms with E-state index >= 15 is 0 Å². The van der Waals surface area contributed by atoms with Crippen LogP contribution in [0.15, 0.2) is 11.6 Å². The highest BCUT2D eigenvalue weighted by Crippen LogP contribution is 2.14. The summed E-state index contributed by atoms with van der Waals surface area (Å²) in [6.45, 7) is 1.67. The van der Waals surface area contributed by atoms with Gasteiger partial charge in [0.25, 0.3) is 0 Å². The second-order valence-corrected chi connectivity index (χ2v) is 2.04. The van der Waals surface area contributed by atoms with Crippen LogP contribution in [0.25, 0.3) is 0 Å². The fourth-order valence-corrected chi connectivity index (χ4v) is 0.764. The van der Waals surface area contributed by atoms with Gasteiger partial charge in [0.2, 0.25) is 0 Å². The molecule has 1 aliphatic heterocycles. The number of hydrogen-bond donors (Lipinski definition) is 0. The van der Waals surface area contributed by atoms with Gasteiger partial charge in [0.15, 0.2) is 5.56 Å². The van der Waals surface area contributed by atoms with Crippen LogP contribution < -0.4 is 0 Å². The van der Waals surface area contributed by atoms with Crippen LogP contribution in [0.1, 0.15) is 6.92 Å². The zero-order valence-corrected chi connectivity index (χ0v) is 5.11. The van der Waals surface area contributed by atoms with Crippen LogP contribution in [0.3, 0.4) is 0 Å². The summed E-state index contributed by atoms with van der Waals surface area (Å²) in [7, 11) is 0. The van der Waals surface area contributed by atoms with E-state index < -0.39 is 5.56 Å². The summed E-state index contributed by atoms with van der Waals surface area (Å²) in [5, 5.41) is 0. The zero-order chi connectivity index (χ0) is 6.15. The van der Waals surface area contributed by atoms with Crippen LogP contribution in [-0.2, 0) is 9.53 Å². The maximum Gasteiger partial charge on any atom is 0.335 e. The van der Waals surface area contributed by atoms with Crippen LogP contribution >= 0.6 is 11.6 Å². The summed E-state index contributed by atoms with van der Waals surface area (Å²) in [6.07, 6.45) is 1.57. The van der Waals surface area contributed by atoms with Crippen LogP contribution in [-0.4, -0.2) is 11.5 Å². The molecule has 1 heterocycles. The van der Waals surface area contributed by atoms with E-state index in [-0.39, 0.29) is 5.97 Å². The Labute approximate surface area is 52.1 Å². The standard InChI is InChI=1S/C5H5ClO2/c1-3-2-4(6)8-5(3)7/h2,4H,1H3/t4-/m0/s1. The van der Waals surface area contributed by atoms with E-state index in [0.29, 0.717) is 5.57 Å². The Balaban J connectivity index is 2.73. The Kier molecular flexibility index (Phi) is 1.26. The van der Waals surface area contributed by atoms with E-state index in [2.05, 4.69) is 4.74 Å². The molecule has 1 rings (SSSR count). The van der Waals surface area contributed by atoms with Gasteiger partial charge >= 0.3 is 5.97 Å². The fraction of sp³-hybridized carbons (Fsp3) is 0.400. The van der Waals surface area contributed by atoms with Gasteiger partial charge in [-0.2, -0.15) is 0 Å². The van der Waals surface area contributed by atoms with Gasteiger partial charge in [-0.15, -0.1) is 0 Å². The summed E-state index contributed by atoms with van der Waals surface area (Å²) in [5.41, 5.74) is 0.0486. The smallest absolute Gasteiger partial charge is 0.335 e. The molecule has 0 saturated heterocycles. The second-order valence-electron chi connectivity index (χ2n) is 1.61. The van der Waals surface area contributed by atoms with Crippen molar-refractivity contribution >= 4 is 17.6 Å². The van der Waals surface area contributed by atoms with Crippen LogP contribution in [0.4, 0.5) is 0 Å². The lowest BCUT2D eigenvalue weighted by molar-refractivity contribution is -0.137. The first-order chi connectivity index (χ1) is 3.70. The van der Waals surface area contributed by atoms with Gasteiger partial charge in [0, 0.05) is 5.57 Å². The average Bonchev–Trinajstić information content (AvgIpc) is 1.85. The Bertz CT molecular complexity index is 151. The lowest BCUT2D eigenvalue weighted by Gasteiger charge is -1.93. The van der Waals surface area contributed by atoms with Crippen LogP contribution in [0.2, 0.25) is 0 Å². The summed E-state index contributed by atoms with van der Waals surface area (Å²) in [6, 6.07) is 0. The molecule has 0 amide bonds. The third kappa shape index (κ3) is 0.842. The van der Waals surface area contributed by atoms with E-state index in [0.717, 1.165) is 0 Å². The number of ether oxygens (including phenoxy) is 1. The van der Waals surface area contributed by atoms with E-state index in [1.807, 2.05) is 0 Å². The van der Waals surface area contributed by atoms with Gasteiger partial charge in [-0.3, -0.25) is 0 Å². The van der Waals surface area contributed by atoms with Crippen molar-refractivity contribution in [3.8, 4) is 0 Å². The Morgan fingerprint density at radius 3 is 2.62 bits per heavy atom. The molecule has 1 atom stereocenters. The largest absolute Gasteiger partial charge is 0.439 e. The Morgan fingerprint density at radius 2 is 2.50 bits per heavy atom. The zero-order valence-electron chi connectivity index (χ0n) is 4.35. The second kappa shape index (κ2) is 1.78. The maximum absolute atomic E-state index is 10.4. The third-order valence-electron chi connectivity index (χ3n) is 0.923. The molecule has 0 aromatic heterocycles. The first-order valence-corrected chi connectivity index (χ1v) is 2.67. The number of cyclic esters (lactones) is 1. The first kappa shape index (κ1) is 5.63. The molecule has 1 aliphatic rings. The molecule has 0 aliphatic carbocycles. The first-order valence-electron chi connectivity index (χ1n) is 2.23. The van der Waals surface area contributed by atoms with E-state index in [1.165, 1.54) is 0 Å². The van der Waals surface area contributed by atoms with Crippen molar-refractivity contribution in [3.63, 3.8) is 0 Å². The van der Waals surface area contributed by atoms with Gasteiger partial charge in [0.1, 0.15) is 0 Å². The summed E-state index contributed by atoms with van der Waals surface area (Å²) in [5.74, 6) is -0.315. The normalized spacial score (nSPS) is 27.5. The van der Waals surface area contributed by atoms with Gasteiger partial charge in [0.05, 0.1) is 0 Å². The van der Waals surface area contributed by atoms with Gasteiger partial charge in [-0.05, 0) is 13.0 Å². The number of esters is 1.